The van der Waals surface area contributed by atoms with E-state index >= 15 is 0 Å². The monoisotopic (exact) mass is 191 g/mol. The van der Waals surface area contributed by atoms with Crippen molar-refractivity contribution in [2.24, 2.45) is 0 Å². The zero-order valence-electron chi connectivity index (χ0n) is 7.85. The number of rotatable bonds is 3. The number of aromatic nitrogens is 2. The van der Waals surface area contributed by atoms with Crippen LogP contribution in [0.3, 0.4) is 0 Å². The number of aliphatic hydroxyl groups excluding tert-OH is 1. The second-order valence-corrected chi connectivity index (χ2v) is 3.26. The maximum atomic E-state index is 8.73. The van der Waals surface area contributed by atoms with Crippen LogP contribution in [0.15, 0.2) is 24.5 Å². The van der Waals surface area contributed by atoms with Crippen LogP contribution in [0.2, 0.25) is 0 Å². The maximum Gasteiger partial charge on any atom is 0.0958 e. The van der Waals surface area contributed by atoms with E-state index in [4.69, 9.17) is 10.8 Å². The van der Waals surface area contributed by atoms with Gasteiger partial charge >= 0.3 is 0 Å². The van der Waals surface area contributed by atoms with E-state index in [0.717, 1.165) is 29.7 Å². The van der Waals surface area contributed by atoms with Gasteiger partial charge in [0.15, 0.2) is 0 Å². The highest BCUT2D eigenvalue weighted by Gasteiger charge is 2.01. The molecule has 0 atom stereocenters. The second-order valence-electron chi connectivity index (χ2n) is 3.26. The first-order valence-corrected chi connectivity index (χ1v) is 4.62. The first-order valence-electron chi connectivity index (χ1n) is 4.62. The molecule has 0 saturated heterocycles. The van der Waals surface area contributed by atoms with Crippen molar-refractivity contribution in [3.8, 4) is 0 Å². The molecule has 0 aliphatic carbocycles. The van der Waals surface area contributed by atoms with Gasteiger partial charge in [-0.25, -0.2) is 4.98 Å². The van der Waals surface area contributed by atoms with Crippen molar-refractivity contribution in [2.75, 3.05) is 12.3 Å². The summed E-state index contributed by atoms with van der Waals surface area (Å²) >= 11 is 0. The lowest BCUT2D eigenvalue weighted by atomic mass is 10.3. The highest BCUT2D eigenvalue weighted by Crippen LogP contribution is 2.16. The Bertz CT molecular complexity index is 436. The van der Waals surface area contributed by atoms with E-state index in [9.17, 15) is 0 Å². The number of nitrogen functional groups attached to an aromatic ring is 1. The molecule has 1 heterocycles. The summed E-state index contributed by atoms with van der Waals surface area (Å²) in [7, 11) is 0. The van der Waals surface area contributed by atoms with Crippen molar-refractivity contribution in [2.45, 2.75) is 13.0 Å². The summed E-state index contributed by atoms with van der Waals surface area (Å²) in [6.07, 6.45) is 2.52. The Hall–Kier alpha value is -1.55. The molecule has 4 nitrogen and oxygen atoms in total. The number of nitrogens with zero attached hydrogens (tertiary/aromatic N) is 2. The number of nitrogens with two attached hydrogens (primary N) is 1. The first-order chi connectivity index (χ1) is 6.81. The number of hydrogen-bond donors (Lipinski definition) is 2. The normalized spacial score (nSPS) is 10.9. The summed E-state index contributed by atoms with van der Waals surface area (Å²) in [4.78, 5) is 4.23. The average molecular weight is 191 g/mol. The van der Waals surface area contributed by atoms with E-state index < -0.39 is 0 Å². The Balaban J connectivity index is 2.37. The Morgan fingerprint density at radius 2 is 2.29 bits per heavy atom. The molecule has 0 unspecified atom stereocenters. The molecule has 2 aromatic rings. The van der Waals surface area contributed by atoms with E-state index in [1.165, 1.54) is 0 Å². The molecule has 0 fully saturated rings. The number of anilines is 1. The summed E-state index contributed by atoms with van der Waals surface area (Å²) < 4.78 is 2.02. The number of imidazole rings is 1. The van der Waals surface area contributed by atoms with Crippen molar-refractivity contribution in [1.29, 1.82) is 0 Å². The zero-order valence-corrected chi connectivity index (χ0v) is 7.85. The smallest absolute Gasteiger partial charge is 0.0958 e. The number of aliphatic hydroxyl groups is 1. The number of fused-ring (bicyclic) bond motifs is 1. The Kier molecular flexibility index (Phi) is 2.37. The molecule has 0 radical (unpaired) electrons. The maximum absolute atomic E-state index is 8.73. The zero-order chi connectivity index (χ0) is 9.97. The lowest BCUT2D eigenvalue weighted by molar-refractivity contribution is 0.280. The predicted octanol–water partition coefficient (Wildman–Crippen LogP) is 1.00. The van der Waals surface area contributed by atoms with Crippen LogP contribution >= 0.6 is 0 Å². The van der Waals surface area contributed by atoms with Crippen molar-refractivity contribution in [3.63, 3.8) is 0 Å². The fraction of sp³-hybridized carbons (Fsp3) is 0.300. The van der Waals surface area contributed by atoms with Gasteiger partial charge in [-0.05, 0) is 24.6 Å². The molecular weight excluding hydrogens is 178 g/mol. The van der Waals surface area contributed by atoms with Gasteiger partial charge in [0.25, 0.3) is 0 Å². The van der Waals surface area contributed by atoms with Crippen LogP contribution < -0.4 is 5.73 Å². The van der Waals surface area contributed by atoms with Crippen LogP contribution in [-0.2, 0) is 6.54 Å². The number of hydrogen-bond acceptors (Lipinski definition) is 3. The van der Waals surface area contributed by atoms with Gasteiger partial charge in [0, 0.05) is 18.8 Å². The molecule has 0 saturated carbocycles. The summed E-state index contributed by atoms with van der Waals surface area (Å²) in [6.45, 7) is 0.992. The molecule has 0 bridgehead atoms. The lowest BCUT2D eigenvalue weighted by Crippen LogP contribution is -1.98. The van der Waals surface area contributed by atoms with Crippen molar-refractivity contribution in [3.05, 3.63) is 24.5 Å². The first kappa shape index (κ1) is 9.02. The van der Waals surface area contributed by atoms with Crippen molar-refractivity contribution >= 4 is 16.7 Å². The van der Waals surface area contributed by atoms with Crippen LogP contribution in [0.4, 0.5) is 5.69 Å². The van der Waals surface area contributed by atoms with Crippen LogP contribution in [-0.4, -0.2) is 21.3 Å². The van der Waals surface area contributed by atoms with Crippen LogP contribution in [0, 0.1) is 0 Å². The van der Waals surface area contributed by atoms with Crippen LogP contribution in [0.1, 0.15) is 6.42 Å². The SMILES string of the molecule is Nc1ccc2c(c1)ncn2CCCO. The predicted molar refractivity (Wildman–Crippen MR) is 55.8 cm³/mol. The molecule has 4 heteroatoms. The topological polar surface area (TPSA) is 64.1 Å². The van der Waals surface area contributed by atoms with Gasteiger partial charge in [-0.3, -0.25) is 0 Å². The Labute approximate surface area is 82.0 Å². The van der Waals surface area contributed by atoms with Gasteiger partial charge in [0.2, 0.25) is 0 Å². The van der Waals surface area contributed by atoms with Crippen molar-refractivity contribution in [1.82, 2.24) is 9.55 Å². The fourth-order valence-electron chi connectivity index (χ4n) is 1.50. The molecule has 0 aliphatic rings. The van der Waals surface area contributed by atoms with E-state index in [0.29, 0.717) is 0 Å². The molecule has 1 aromatic carbocycles. The molecule has 3 N–H and O–H groups in total. The second kappa shape index (κ2) is 3.67. The summed E-state index contributed by atoms with van der Waals surface area (Å²) in [5, 5.41) is 8.73. The quantitative estimate of drug-likeness (QED) is 0.711. The minimum Gasteiger partial charge on any atom is -0.399 e. The van der Waals surface area contributed by atoms with Gasteiger partial charge in [0.05, 0.1) is 17.4 Å². The Morgan fingerprint density at radius 3 is 3.07 bits per heavy atom. The van der Waals surface area contributed by atoms with E-state index in [1.807, 2.05) is 22.8 Å². The molecule has 0 amide bonds. The minimum absolute atomic E-state index is 0.203. The molecule has 1 aromatic heterocycles. The third-order valence-electron chi connectivity index (χ3n) is 2.20. The highest BCUT2D eigenvalue weighted by molar-refractivity contribution is 5.78. The Morgan fingerprint density at radius 1 is 1.43 bits per heavy atom. The third-order valence-corrected chi connectivity index (χ3v) is 2.20. The molecule has 0 aliphatic heterocycles. The van der Waals surface area contributed by atoms with Gasteiger partial charge in [0.1, 0.15) is 0 Å². The molecule has 14 heavy (non-hydrogen) atoms. The van der Waals surface area contributed by atoms with Crippen LogP contribution in [0.25, 0.3) is 11.0 Å². The van der Waals surface area contributed by atoms with Gasteiger partial charge in [-0.2, -0.15) is 0 Å². The largest absolute Gasteiger partial charge is 0.399 e. The summed E-state index contributed by atoms with van der Waals surface area (Å²) in [6, 6.07) is 5.67. The van der Waals surface area contributed by atoms with E-state index in [2.05, 4.69) is 4.98 Å². The summed E-state index contributed by atoms with van der Waals surface area (Å²) in [5.41, 5.74) is 8.34. The standard InChI is InChI=1S/C10H13N3O/c11-8-2-3-10-9(6-8)12-7-13(10)4-1-5-14/h2-3,6-7,14H,1,4-5,11H2. The average Bonchev–Trinajstić information content (AvgIpc) is 2.57. The molecule has 2 rings (SSSR count). The molecular formula is C10H13N3O. The van der Waals surface area contributed by atoms with E-state index in [-0.39, 0.29) is 6.61 Å². The van der Waals surface area contributed by atoms with Gasteiger partial charge < -0.3 is 15.4 Å². The fourth-order valence-corrected chi connectivity index (χ4v) is 1.50. The van der Waals surface area contributed by atoms with Gasteiger partial charge in [-0.1, -0.05) is 0 Å². The summed E-state index contributed by atoms with van der Waals surface area (Å²) in [5.74, 6) is 0. The minimum atomic E-state index is 0.203. The molecule has 74 valence electrons. The van der Waals surface area contributed by atoms with E-state index in [1.54, 1.807) is 6.33 Å². The number of aryl methyl sites for hydroxylation is 1. The lowest BCUT2D eigenvalue weighted by Gasteiger charge is -2.01. The number of benzene rings is 1. The van der Waals surface area contributed by atoms with Gasteiger partial charge in [-0.15, -0.1) is 0 Å². The highest BCUT2D eigenvalue weighted by atomic mass is 16.3. The third kappa shape index (κ3) is 1.56. The molecule has 0 spiro atoms. The van der Waals surface area contributed by atoms with Crippen molar-refractivity contribution < 1.29 is 5.11 Å². The van der Waals surface area contributed by atoms with Crippen LogP contribution in [0.5, 0.6) is 0 Å².